The Morgan fingerprint density at radius 1 is 1.10 bits per heavy atom. The predicted octanol–water partition coefficient (Wildman–Crippen LogP) is 6.43. The highest BCUT2D eigenvalue weighted by molar-refractivity contribution is 8.45. The van der Waals surface area contributed by atoms with E-state index >= 15 is 0 Å². The average Bonchev–Trinajstić information content (AvgIpc) is 2.59. The molecule has 0 aliphatic carbocycles. The standard InChI is InChI=1S/C16H16F5N3O4S/c1-2-28-16(25)23-14-8-5-12(9-15(14)24(26)27)22-10-11-3-6-13(7-4-11)29(17,18,19,20)21/h3-9,22H,2,10H2,1H3,(H,23,25). The van der Waals surface area contributed by atoms with Gasteiger partial charge in [-0.3, -0.25) is 15.4 Å². The fraction of sp³-hybridized carbons (Fsp3) is 0.188. The molecule has 0 heterocycles. The molecule has 0 unspecified atom stereocenters. The van der Waals surface area contributed by atoms with Crippen molar-refractivity contribution < 1.29 is 33.9 Å². The van der Waals surface area contributed by atoms with Crippen LogP contribution in [0.1, 0.15) is 12.5 Å². The zero-order chi connectivity index (χ0) is 21.9. The first-order valence-corrected chi connectivity index (χ1v) is 9.94. The van der Waals surface area contributed by atoms with Crippen LogP contribution in [0.2, 0.25) is 0 Å². The lowest BCUT2D eigenvalue weighted by atomic mass is 10.2. The van der Waals surface area contributed by atoms with Gasteiger partial charge in [-0.25, -0.2) is 4.79 Å². The molecule has 0 radical (unpaired) electrons. The van der Waals surface area contributed by atoms with Crippen LogP contribution in [0.3, 0.4) is 0 Å². The molecule has 0 saturated carbocycles. The largest absolute Gasteiger partial charge is 0.450 e. The first-order valence-electron chi connectivity index (χ1n) is 7.98. The van der Waals surface area contributed by atoms with E-state index in [-0.39, 0.29) is 42.2 Å². The number of nitrogens with one attached hydrogen (secondary N) is 2. The minimum absolute atomic E-state index is 0.0695. The lowest BCUT2D eigenvalue weighted by molar-refractivity contribution is -0.383. The molecule has 160 valence electrons. The van der Waals surface area contributed by atoms with Crippen molar-refractivity contribution in [2.75, 3.05) is 17.2 Å². The van der Waals surface area contributed by atoms with E-state index in [4.69, 9.17) is 0 Å². The fourth-order valence-corrected chi connectivity index (χ4v) is 2.89. The van der Waals surface area contributed by atoms with Crippen LogP contribution in [-0.2, 0) is 11.3 Å². The zero-order valence-electron chi connectivity index (χ0n) is 14.8. The van der Waals surface area contributed by atoms with Gasteiger partial charge >= 0.3 is 16.3 Å². The number of amides is 1. The van der Waals surface area contributed by atoms with E-state index < -0.39 is 31.8 Å². The van der Waals surface area contributed by atoms with Gasteiger partial charge in [0.2, 0.25) is 0 Å². The first kappa shape index (κ1) is 22.2. The van der Waals surface area contributed by atoms with E-state index in [9.17, 15) is 34.3 Å². The van der Waals surface area contributed by atoms with Gasteiger partial charge in [0.05, 0.1) is 11.5 Å². The Hall–Kier alpha value is -3.09. The summed E-state index contributed by atoms with van der Waals surface area (Å²) < 4.78 is 68.2. The van der Waals surface area contributed by atoms with E-state index in [1.807, 2.05) is 0 Å². The number of anilines is 2. The molecule has 2 rings (SSSR count). The van der Waals surface area contributed by atoms with Gasteiger partial charge in [-0.1, -0.05) is 31.6 Å². The third kappa shape index (κ3) is 6.20. The Labute approximate surface area is 161 Å². The Bertz CT molecular complexity index is 937. The summed E-state index contributed by atoms with van der Waals surface area (Å²) in [5.41, 5.74) is -0.0894. The van der Waals surface area contributed by atoms with Gasteiger partial charge in [0.25, 0.3) is 5.69 Å². The highest BCUT2D eigenvalue weighted by Gasteiger charge is 2.65. The summed E-state index contributed by atoms with van der Waals surface area (Å²) in [5.74, 6) is 0. The minimum Gasteiger partial charge on any atom is -0.450 e. The highest BCUT2D eigenvalue weighted by Crippen LogP contribution is 3.02. The summed E-state index contributed by atoms with van der Waals surface area (Å²) >= 11 is 0. The molecule has 29 heavy (non-hydrogen) atoms. The van der Waals surface area contributed by atoms with Crippen molar-refractivity contribution >= 4 is 33.4 Å². The van der Waals surface area contributed by atoms with Crippen LogP contribution in [-0.4, -0.2) is 17.6 Å². The number of halogens is 5. The van der Waals surface area contributed by atoms with E-state index in [0.29, 0.717) is 0 Å². The second-order valence-electron chi connectivity index (χ2n) is 5.80. The van der Waals surface area contributed by atoms with Crippen LogP contribution in [0.15, 0.2) is 47.4 Å². The van der Waals surface area contributed by atoms with Crippen molar-refractivity contribution in [2.24, 2.45) is 0 Å². The molecule has 0 bridgehead atoms. The molecular formula is C16H16F5N3O4S. The number of nitro benzene ring substituents is 1. The Balaban J connectivity index is 2.14. The predicted molar refractivity (Wildman–Crippen MR) is 98.9 cm³/mol. The van der Waals surface area contributed by atoms with Gasteiger partial charge in [-0.2, -0.15) is 0 Å². The lowest BCUT2D eigenvalue weighted by Gasteiger charge is -2.40. The fourth-order valence-electron chi connectivity index (χ4n) is 2.24. The number of ether oxygens (including phenoxy) is 1. The number of carbonyl (C=O) groups is 1. The molecule has 2 aromatic carbocycles. The first-order chi connectivity index (χ1) is 13.2. The van der Waals surface area contributed by atoms with Crippen LogP contribution >= 0.6 is 10.2 Å². The quantitative estimate of drug-likeness (QED) is 0.293. The van der Waals surface area contributed by atoms with Crippen molar-refractivity contribution in [3.63, 3.8) is 0 Å². The summed E-state index contributed by atoms with van der Waals surface area (Å²) in [5, 5.41) is 16.1. The van der Waals surface area contributed by atoms with E-state index in [2.05, 4.69) is 15.4 Å². The van der Waals surface area contributed by atoms with E-state index in [1.165, 1.54) is 12.1 Å². The molecule has 0 saturated heterocycles. The van der Waals surface area contributed by atoms with Crippen molar-refractivity contribution in [2.45, 2.75) is 18.4 Å². The number of hydrogen-bond acceptors (Lipinski definition) is 5. The number of nitrogens with zero attached hydrogens (tertiary/aromatic N) is 1. The third-order valence-corrected chi connectivity index (χ3v) is 4.74. The second-order valence-corrected chi connectivity index (χ2v) is 8.21. The van der Waals surface area contributed by atoms with Gasteiger partial charge in [-0.15, -0.1) is 0 Å². The minimum atomic E-state index is -9.74. The number of carbonyl (C=O) groups excluding carboxylic acids is 1. The number of rotatable bonds is 7. The molecule has 0 spiro atoms. The van der Waals surface area contributed by atoms with Crippen molar-refractivity contribution in [1.82, 2.24) is 0 Å². The number of benzene rings is 2. The molecule has 0 atom stereocenters. The maximum Gasteiger partial charge on any atom is 0.411 e. The second kappa shape index (κ2) is 7.06. The summed E-state index contributed by atoms with van der Waals surface area (Å²) in [7, 11) is -9.74. The summed E-state index contributed by atoms with van der Waals surface area (Å²) in [6, 6.07) is 6.06. The van der Waals surface area contributed by atoms with Crippen LogP contribution in [0.5, 0.6) is 0 Å². The highest BCUT2D eigenvalue weighted by atomic mass is 32.5. The molecule has 13 heteroatoms. The van der Waals surface area contributed by atoms with Crippen LogP contribution in [0, 0.1) is 10.1 Å². The molecule has 0 aromatic heterocycles. The molecule has 2 aromatic rings. The number of hydrogen-bond donors (Lipinski definition) is 2. The van der Waals surface area contributed by atoms with E-state index in [0.717, 1.165) is 18.2 Å². The Morgan fingerprint density at radius 3 is 2.24 bits per heavy atom. The normalized spacial score (nSPS) is 13.7. The lowest BCUT2D eigenvalue weighted by Crippen LogP contribution is -2.14. The zero-order valence-corrected chi connectivity index (χ0v) is 15.7. The van der Waals surface area contributed by atoms with Crippen molar-refractivity contribution in [1.29, 1.82) is 0 Å². The van der Waals surface area contributed by atoms with Gasteiger partial charge in [0.15, 0.2) is 0 Å². The molecule has 0 aliphatic heterocycles. The SMILES string of the molecule is CCOC(=O)Nc1ccc(NCc2ccc(S(F)(F)(F)(F)F)cc2)cc1[N+](=O)[O-]. The summed E-state index contributed by atoms with van der Waals surface area (Å²) in [6.07, 6.45) is -0.875. The van der Waals surface area contributed by atoms with Crippen LogP contribution in [0.4, 0.5) is 41.3 Å². The number of nitro groups is 1. The molecular weight excluding hydrogens is 425 g/mol. The molecule has 2 N–H and O–H groups in total. The molecule has 0 aliphatic rings. The topological polar surface area (TPSA) is 93.5 Å². The smallest absolute Gasteiger partial charge is 0.411 e. The Morgan fingerprint density at radius 2 is 1.72 bits per heavy atom. The summed E-state index contributed by atoms with van der Waals surface area (Å²) in [4.78, 5) is 19.9. The molecule has 1 amide bonds. The van der Waals surface area contributed by atoms with Gasteiger partial charge < -0.3 is 10.1 Å². The average molecular weight is 441 g/mol. The van der Waals surface area contributed by atoms with Crippen molar-refractivity contribution in [3.8, 4) is 0 Å². The van der Waals surface area contributed by atoms with Gasteiger partial charge in [-0.05, 0) is 36.8 Å². The third-order valence-electron chi connectivity index (χ3n) is 3.57. The molecule has 7 nitrogen and oxygen atoms in total. The van der Waals surface area contributed by atoms with Crippen LogP contribution < -0.4 is 10.6 Å². The summed E-state index contributed by atoms with van der Waals surface area (Å²) in [6.45, 7) is 1.55. The monoisotopic (exact) mass is 441 g/mol. The van der Waals surface area contributed by atoms with Crippen molar-refractivity contribution in [3.05, 3.63) is 58.1 Å². The maximum absolute atomic E-state index is 12.7. The maximum atomic E-state index is 12.7. The van der Waals surface area contributed by atoms with E-state index in [1.54, 1.807) is 6.92 Å². The van der Waals surface area contributed by atoms with Gasteiger partial charge in [0, 0.05) is 18.3 Å². The van der Waals surface area contributed by atoms with Gasteiger partial charge in [0.1, 0.15) is 10.6 Å². The molecule has 0 fully saturated rings. The Kier molecular flexibility index (Phi) is 5.41. The van der Waals surface area contributed by atoms with Crippen LogP contribution in [0.25, 0.3) is 0 Å².